The number of anilines is 1. The quantitative estimate of drug-likeness (QED) is 0.846. The molecule has 22 heavy (non-hydrogen) atoms. The van der Waals surface area contributed by atoms with Crippen molar-refractivity contribution in [2.75, 3.05) is 11.9 Å². The van der Waals surface area contributed by atoms with E-state index < -0.39 is 11.9 Å². The normalized spacial score (nSPS) is 12.5. The summed E-state index contributed by atoms with van der Waals surface area (Å²) in [4.78, 5) is 27.4. The number of carbonyl (C=O) groups excluding carboxylic acids is 2. The summed E-state index contributed by atoms with van der Waals surface area (Å²) in [6, 6.07) is 5.39. The van der Waals surface area contributed by atoms with Crippen LogP contribution < -0.4 is 5.32 Å². The number of nitriles is 1. The zero-order valence-corrected chi connectivity index (χ0v) is 12.5. The van der Waals surface area contributed by atoms with E-state index in [4.69, 9.17) is 4.74 Å². The highest BCUT2D eigenvalue weighted by Gasteiger charge is 2.23. The van der Waals surface area contributed by atoms with Crippen LogP contribution in [0.3, 0.4) is 0 Å². The van der Waals surface area contributed by atoms with Crippen LogP contribution in [0.2, 0.25) is 0 Å². The van der Waals surface area contributed by atoms with E-state index in [0.717, 1.165) is 29.7 Å². The molecular weight excluding hydrogens is 302 g/mol. The Hall–Kier alpha value is -2.59. The van der Waals surface area contributed by atoms with Crippen LogP contribution in [0.5, 0.6) is 0 Å². The zero-order chi connectivity index (χ0) is 15.5. The highest BCUT2D eigenvalue weighted by atomic mass is 32.1. The van der Waals surface area contributed by atoms with E-state index in [-0.39, 0.29) is 6.61 Å². The molecule has 2 heterocycles. The lowest BCUT2D eigenvalue weighted by molar-refractivity contribution is -0.119. The Balaban J connectivity index is 1.61. The van der Waals surface area contributed by atoms with Crippen molar-refractivity contribution in [3.05, 3.63) is 40.0 Å². The number of hydrogen-bond acceptors (Lipinski definition) is 5. The summed E-state index contributed by atoms with van der Waals surface area (Å²) in [7, 11) is 0. The van der Waals surface area contributed by atoms with Gasteiger partial charge in [-0.2, -0.15) is 5.26 Å². The molecule has 2 aromatic heterocycles. The fourth-order valence-electron chi connectivity index (χ4n) is 2.44. The number of hydrogen-bond donors (Lipinski definition) is 2. The van der Waals surface area contributed by atoms with E-state index in [2.05, 4.69) is 16.4 Å². The SMILES string of the molecule is N#Cc1c(NC(=O)COC(=O)c2ccc[nH]2)sc2c1CCC2. The maximum Gasteiger partial charge on any atom is 0.355 e. The maximum atomic E-state index is 11.9. The number of esters is 1. The fraction of sp³-hybridized carbons (Fsp3) is 0.267. The fourth-order valence-corrected chi connectivity index (χ4v) is 3.70. The van der Waals surface area contributed by atoms with Gasteiger partial charge >= 0.3 is 5.97 Å². The van der Waals surface area contributed by atoms with E-state index in [9.17, 15) is 14.9 Å². The highest BCUT2D eigenvalue weighted by molar-refractivity contribution is 7.16. The molecule has 0 bridgehead atoms. The van der Waals surface area contributed by atoms with Gasteiger partial charge in [0.05, 0.1) is 5.56 Å². The van der Waals surface area contributed by atoms with Crippen LogP contribution in [0.25, 0.3) is 0 Å². The molecule has 1 aliphatic rings. The Bertz CT molecular complexity index is 756. The van der Waals surface area contributed by atoms with Gasteiger partial charge in [-0.05, 0) is 37.0 Å². The van der Waals surface area contributed by atoms with E-state index >= 15 is 0 Å². The maximum absolute atomic E-state index is 11.9. The van der Waals surface area contributed by atoms with Crippen LogP contribution >= 0.6 is 11.3 Å². The van der Waals surface area contributed by atoms with Gasteiger partial charge in [-0.15, -0.1) is 11.3 Å². The topological polar surface area (TPSA) is 95.0 Å². The molecule has 0 atom stereocenters. The van der Waals surface area contributed by atoms with E-state index in [1.54, 1.807) is 18.3 Å². The Morgan fingerprint density at radius 3 is 3.05 bits per heavy atom. The van der Waals surface area contributed by atoms with Crippen molar-refractivity contribution in [2.45, 2.75) is 19.3 Å². The Kier molecular flexibility index (Phi) is 3.94. The summed E-state index contributed by atoms with van der Waals surface area (Å²) >= 11 is 1.43. The zero-order valence-electron chi connectivity index (χ0n) is 11.6. The number of nitrogens with one attached hydrogen (secondary N) is 2. The van der Waals surface area contributed by atoms with Crippen molar-refractivity contribution < 1.29 is 14.3 Å². The molecule has 6 nitrogen and oxygen atoms in total. The molecule has 0 unspecified atom stereocenters. The predicted octanol–water partition coefficient (Wildman–Crippen LogP) is 2.23. The minimum atomic E-state index is -0.589. The lowest BCUT2D eigenvalue weighted by atomic mass is 10.1. The smallest absolute Gasteiger partial charge is 0.355 e. The van der Waals surface area contributed by atoms with Gasteiger partial charge < -0.3 is 15.0 Å². The van der Waals surface area contributed by atoms with Gasteiger partial charge in [-0.25, -0.2) is 4.79 Å². The Morgan fingerprint density at radius 2 is 2.32 bits per heavy atom. The van der Waals surface area contributed by atoms with Gasteiger partial charge in [0.15, 0.2) is 6.61 Å². The molecule has 112 valence electrons. The molecule has 0 aromatic carbocycles. The van der Waals surface area contributed by atoms with Gasteiger partial charge in [0.1, 0.15) is 16.8 Å². The summed E-state index contributed by atoms with van der Waals surface area (Å²) in [6.45, 7) is -0.384. The average molecular weight is 315 g/mol. The summed E-state index contributed by atoms with van der Waals surface area (Å²) < 4.78 is 4.91. The first-order valence-electron chi connectivity index (χ1n) is 6.84. The molecule has 0 saturated carbocycles. The Morgan fingerprint density at radius 1 is 1.45 bits per heavy atom. The van der Waals surface area contributed by atoms with Crippen molar-refractivity contribution in [1.29, 1.82) is 5.26 Å². The van der Waals surface area contributed by atoms with Crippen molar-refractivity contribution in [3.63, 3.8) is 0 Å². The molecule has 0 saturated heterocycles. The van der Waals surface area contributed by atoms with E-state index in [1.165, 1.54) is 11.3 Å². The predicted molar refractivity (Wildman–Crippen MR) is 80.8 cm³/mol. The number of nitrogens with zero attached hydrogens (tertiary/aromatic N) is 1. The molecule has 7 heteroatoms. The van der Waals surface area contributed by atoms with Crippen molar-refractivity contribution in [3.8, 4) is 6.07 Å². The number of fused-ring (bicyclic) bond motifs is 1. The summed E-state index contributed by atoms with van der Waals surface area (Å²) in [5, 5.41) is 12.5. The largest absolute Gasteiger partial charge is 0.451 e. The van der Waals surface area contributed by atoms with E-state index in [1.807, 2.05) is 0 Å². The van der Waals surface area contributed by atoms with Crippen molar-refractivity contribution in [1.82, 2.24) is 4.98 Å². The van der Waals surface area contributed by atoms with Gasteiger partial charge in [-0.3, -0.25) is 4.79 Å². The molecule has 0 spiro atoms. The molecule has 2 aromatic rings. The minimum absolute atomic E-state index is 0.292. The number of aromatic amines is 1. The van der Waals surface area contributed by atoms with Crippen molar-refractivity contribution in [2.24, 2.45) is 0 Å². The summed E-state index contributed by atoms with van der Waals surface area (Å²) in [5.41, 5.74) is 1.88. The lowest BCUT2D eigenvalue weighted by Gasteiger charge is -2.05. The van der Waals surface area contributed by atoms with Crippen LogP contribution in [-0.4, -0.2) is 23.5 Å². The number of rotatable bonds is 4. The van der Waals surface area contributed by atoms with Gasteiger partial charge in [-0.1, -0.05) is 0 Å². The van der Waals surface area contributed by atoms with E-state index in [0.29, 0.717) is 16.3 Å². The monoisotopic (exact) mass is 315 g/mol. The first-order valence-corrected chi connectivity index (χ1v) is 7.65. The highest BCUT2D eigenvalue weighted by Crippen LogP contribution is 2.38. The molecule has 0 aliphatic heterocycles. The minimum Gasteiger partial charge on any atom is -0.451 e. The molecule has 0 radical (unpaired) electrons. The number of carbonyl (C=O) groups is 2. The third-order valence-corrected chi connectivity index (χ3v) is 4.65. The number of aryl methyl sites for hydroxylation is 1. The second-order valence-electron chi connectivity index (χ2n) is 4.88. The first-order chi connectivity index (χ1) is 10.7. The number of ether oxygens (including phenoxy) is 1. The lowest BCUT2D eigenvalue weighted by Crippen LogP contribution is -2.21. The third kappa shape index (κ3) is 2.73. The molecule has 3 rings (SSSR count). The molecular formula is C15H13N3O3S. The van der Waals surface area contributed by atoms with Gasteiger partial charge in [0.2, 0.25) is 0 Å². The van der Waals surface area contributed by atoms with Crippen LogP contribution in [0.1, 0.15) is 32.9 Å². The first kappa shape index (κ1) is 14.4. The molecule has 1 amide bonds. The third-order valence-electron chi connectivity index (χ3n) is 3.44. The second kappa shape index (κ2) is 6.03. The number of amides is 1. The Labute approximate surface area is 130 Å². The van der Waals surface area contributed by atoms with Crippen LogP contribution in [-0.2, 0) is 22.4 Å². The van der Waals surface area contributed by atoms with Crippen LogP contribution in [0.15, 0.2) is 18.3 Å². The molecule has 0 fully saturated rings. The summed E-state index contributed by atoms with van der Waals surface area (Å²) in [5.74, 6) is -1.04. The summed E-state index contributed by atoms with van der Waals surface area (Å²) in [6.07, 6.45) is 4.49. The molecule has 1 aliphatic carbocycles. The number of H-pyrrole nitrogens is 1. The standard InChI is InChI=1S/C15H13N3O3S/c16-7-10-9-3-1-5-12(9)22-14(10)18-13(19)8-21-15(20)11-4-2-6-17-11/h2,4,6,17H,1,3,5,8H2,(H,18,19). The molecule has 2 N–H and O–H groups in total. The van der Waals surface area contributed by atoms with Crippen molar-refractivity contribution >= 4 is 28.2 Å². The van der Waals surface area contributed by atoms with Crippen LogP contribution in [0, 0.1) is 11.3 Å². The number of thiophene rings is 1. The van der Waals surface area contributed by atoms with Gasteiger partial charge in [0, 0.05) is 11.1 Å². The second-order valence-corrected chi connectivity index (χ2v) is 5.99. The average Bonchev–Trinajstić information content (AvgIpc) is 3.21. The van der Waals surface area contributed by atoms with Crippen LogP contribution in [0.4, 0.5) is 5.00 Å². The number of aromatic nitrogens is 1. The van der Waals surface area contributed by atoms with Gasteiger partial charge in [0.25, 0.3) is 5.91 Å².